The second-order valence-corrected chi connectivity index (χ2v) is 33.5. The molecule has 5 N–H and O–H groups in total. The number of fused-ring (bicyclic) bond motifs is 45. The summed E-state index contributed by atoms with van der Waals surface area (Å²) in [6.07, 6.45) is 29.5. The minimum Gasteiger partial charge on any atom is -0.463 e. The van der Waals surface area contributed by atoms with Crippen LogP contribution in [0.25, 0.3) is 0 Å². The van der Waals surface area contributed by atoms with E-state index in [9.17, 15) is 24.0 Å². The quantitative estimate of drug-likeness (QED) is 0.0895. The van der Waals surface area contributed by atoms with Crippen LogP contribution in [0.3, 0.4) is 0 Å². The third-order valence-electron chi connectivity index (χ3n) is 24.0. The Kier molecular flexibility index (Phi) is 17.4. The van der Waals surface area contributed by atoms with E-state index < -0.39 is 0 Å². The van der Waals surface area contributed by atoms with Crippen LogP contribution in [0.5, 0.6) is 0 Å². The smallest absolute Gasteiger partial charge is 0.311 e. The summed E-state index contributed by atoms with van der Waals surface area (Å²) in [7, 11) is 0. The van der Waals surface area contributed by atoms with Gasteiger partial charge in [-0.15, -0.1) is 23.5 Å². The molecule has 2 aliphatic carbocycles. The highest BCUT2D eigenvalue weighted by atomic mass is 32.2. The molecule has 0 amide bonds. The van der Waals surface area contributed by atoms with Gasteiger partial charge in [-0.3, -0.25) is 24.0 Å². The van der Waals surface area contributed by atoms with E-state index in [-0.39, 0.29) is 180 Å². The first kappa shape index (κ1) is 61.9. The number of thioether (sulfide) groups is 4. The minimum absolute atomic E-state index is 0.00384. The van der Waals surface area contributed by atoms with Gasteiger partial charge in [0.2, 0.25) is 0 Å². The first-order valence-electron chi connectivity index (χ1n) is 33.2. The Balaban J connectivity index is 0.0000000901. The van der Waals surface area contributed by atoms with E-state index in [4.69, 9.17) is 72.9 Å². The van der Waals surface area contributed by atoms with Crippen molar-refractivity contribution in [3.8, 4) is 0 Å². The highest BCUT2D eigenvalue weighted by Gasteiger charge is 2.69. The van der Waals surface area contributed by atoms with Gasteiger partial charge in [-0.2, -0.15) is 23.5 Å². The maximum absolute atomic E-state index is 12.0. The molecule has 24 heteroatoms. The van der Waals surface area contributed by atoms with Crippen molar-refractivity contribution >= 4 is 76.9 Å². The van der Waals surface area contributed by atoms with E-state index in [1.165, 1.54) is 0 Å². The first-order valence-corrected chi connectivity index (χ1v) is 36.9. The third-order valence-corrected chi connectivity index (χ3v) is 30.8. The number of hydrogen-bond acceptors (Lipinski definition) is 24. The summed E-state index contributed by atoms with van der Waals surface area (Å²) in [5, 5.41) is 48.0. The van der Waals surface area contributed by atoms with E-state index in [1.54, 1.807) is 0 Å². The van der Waals surface area contributed by atoms with Crippen molar-refractivity contribution in [2.24, 2.45) is 101 Å². The van der Waals surface area contributed by atoms with E-state index in [1.807, 2.05) is 35.3 Å². The first-order chi connectivity index (χ1) is 44.0. The fraction of sp³-hybridized carbons (Fsp3) is 0.773. The molecular formula is C66H82O20S4. The summed E-state index contributed by atoms with van der Waals surface area (Å²) < 4.78 is 55.1. The molecule has 0 radical (unpaired) electrons. The van der Waals surface area contributed by atoms with Gasteiger partial charge in [0.15, 0.2) is 0 Å². The lowest BCUT2D eigenvalue weighted by Gasteiger charge is -2.33. The maximum Gasteiger partial charge on any atom is 0.311 e. The highest BCUT2D eigenvalue weighted by Crippen LogP contribution is 2.68. The van der Waals surface area contributed by atoms with Gasteiger partial charge in [-0.1, -0.05) is 60.8 Å². The molecule has 15 fully saturated rings. The average Bonchev–Trinajstić information content (AvgIpc) is 1.62. The van der Waals surface area contributed by atoms with E-state index in [0.29, 0.717) is 113 Å². The molecule has 18 heterocycles. The fourth-order valence-corrected chi connectivity index (χ4v) is 29.3. The number of carbonyl (C=O) groups is 5. The van der Waals surface area contributed by atoms with Crippen LogP contribution < -0.4 is 0 Å². The zero-order valence-corrected chi connectivity index (χ0v) is 53.1. The Labute approximate surface area is 539 Å². The second-order valence-electron chi connectivity index (χ2n) is 27.9. The number of rotatable bonds is 15. The van der Waals surface area contributed by atoms with Gasteiger partial charge in [-0.25, -0.2) is 0 Å². The van der Waals surface area contributed by atoms with E-state index in [2.05, 4.69) is 72.5 Å². The summed E-state index contributed by atoms with van der Waals surface area (Å²) in [4.78, 5) is 59.9. The Morgan fingerprint density at radius 2 is 0.722 bits per heavy atom. The Morgan fingerprint density at radius 3 is 1.26 bits per heavy atom. The molecule has 20 nitrogen and oxygen atoms in total. The number of carbonyl (C=O) groups excluding carboxylic acids is 5. The van der Waals surface area contributed by atoms with Gasteiger partial charge in [0.25, 0.3) is 0 Å². The standard InChI is InChI=1S/C14H18O4.C13H16O5.2C13H16O4S.C13H16O3S2/c15-3-4-17-14(16)9-6-7-5-8(9)13-11-2-1-10(18-11)12(7)13;14-3-4-16-13(15)6-5-9-10-7-1-2-8(17-7)11(10)12(6)18-9;14-3-4-16-13(15)6-5-7-10-8-1-2-9(18-8)11(10)12(6)17-7;2*14-3-4-16-13(15)6-5-9-10-7-1-2-8(17-7)11(10)12(6)18-9/h1-2,7-13,15H,3-6H2;4*1-2,6-12,14H,3-5H2. The molecule has 18 aliphatic heterocycles. The Bertz CT molecular complexity index is 2490. The van der Waals surface area contributed by atoms with Crippen LogP contribution in [-0.2, 0) is 71.3 Å². The lowest BCUT2D eigenvalue weighted by molar-refractivity contribution is -0.153. The van der Waals surface area contributed by atoms with Crippen molar-refractivity contribution in [1.29, 1.82) is 0 Å². The molecule has 13 saturated heterocycles. The van der Waals surface area contributed by atoms with E-state index in [0.717, 1.165) is 44.4 Å². The van der Waals surface area contributed by atoms with Gasteiger partial charge in [-0.05, 0) is 74.0 Å². The zero-order chi connectivity index (χ0) is 61.4. The van der Waals surface area contributed by atoms with Crippen molar-refractivity contribution in [3.05, 3.63) is 60.8 Å². The fourth-order valence-electron chi connectivity index (χ4n) is 21.1. The molecule has 20 aliphatic rings. The van der Waals surface area contributed by atoms with Gasteiger partial charge >= 0.3 is 29.8 Å². The van der Waals surface area contributed by atoms with Gasteiger partial charge in [0.1, 0.15) is 33.0 Å². The van der Waals surface area contributed by atoms with Gasteiger partial charge < -0.3 is 72.9 Å². The van der Waals surface area contributed by atoms with Gasteiger partial charge in [0, 0.05) is 77.5 Å². The molecule has 2 saturated carbocycles. The summed E-state index contributed by atoms with van der Waals surface area (Å²) >= 11 is 8.09. The SMILES string of the molecule is O=C(OCCO)C1CC2CC1C1C3C=CC(O3)C21.O=C(OCCO)C1CC2OC1C1C3C=CC(O3)C21.O=C(OCCO)C1CC2OC1C1C3C=CC(S3)C21.O=C(OCCO)C1CC2SC1C1C3C=CC(O3)C21.O=C(OCCO)C1CC2SC1C1C3C=CC(S3)C21. The molecule has 35 unspecified atom stereocenters. The summed E-state index contributed by atoms with van der Waals surface area (Å²) in [5.41, 5.74) is 0. The van der Waals surface area contributed by atoms with Crippen molar-refractivity contribution in [3.63, 3.8) is 0 Å². The predicted molar refractivity (Wildman–Crippen MR) is 327 cm³/mol. The highest BCUT2D eigenvalue weighted by molar-refractivity contribution is 8.03. The second kappa shape index (κ2) is 25.2. The van der Waals surface area contributed by atoms with Crippen LogP contribution >= 0.6 is 47.0 Å². The van der Waals surface area contributed by atoms with Gasteiger partial charge in [0.05, 0.1) is 124 Å². The molecule has 0 aromatic heterocycles. The molecule has 35 atom stereocenters. The van der Waals surface area contributed by atoms with Crippen LogP contribution in [0, 0.1) is 101 Å². The largest absolute Gasteiger partial charge is 0.463 e. The summed E-state index contributed by atoms with van der Waals surface area (Å²) in [6, 6.07) is 0. The summed E-state index contributed by atoms with van der Waals surface area (Å²) in [6.45, 7) is 0.0689. The average molecular weight is 1320 g/mol. The van der Waals surface area contributed by atoms with Crippen molar-refractivity contribution in [2.45, 2.75) is 142 Å². The number of esters is 5. The Morgan fingerprint density at radius 1 is 0.333 bits per heavy atom. The van der Waals surface area contributed by atoms with E-state index >= 15 is 0 Å². The molecule has 0 aromatic carbocycles. The molecule has 90 heavy (non-hydrogen) atoms. The Hall–Kier alpha value is -2.95. The molecule has 20 bridgehead atoms. The number of hydrogen-bond donors (Lipinski definition) is 5. The van der Waals surface area contributed by atoms with Crippen LogP contribution in [0.1, 0.15) is 38.5 Å². The maximum atomic E-state index is 12.0. The zero-order valence-electron chi connectivity index (χ0n) is 49.8. The van der Waals surface area contributed by atoms with Crippen LogP contribution in [0.4, 0.5) is 0 Å². The predicted octanol–water partition coefficient (Wildman–Crippen LogP) is 3.13. The molecule has 0 spiro atoms. The third kappa shape index (κ3) is 10.3. The molecular weight excluding hydrogens is 1240 g/mol. The number of aliphatic hydroxyl groups is 5. The summed E-state index contributed by atoms with van der Waals surface area (Å²) in [5.74, 6) is 5.73. The number of ether oxygens (including phenoxy) is 10. The topological polar surface area (TPSA) is 279 Å². The lowest BCUT2D eigenvalue weighted by Crippen LogP contribution is -2.41. The normalized spacial score (nSPS) is 50.8. The molecule has 0 aromatic rings. The van der Waals surface area contributed by atoms with Crippen molar-refractivity contribution in [2.75, 3.05) is 66.1 Å². The van der Waals surface area contributed by atoms with Crippen LogP contribution in [0.15, 0.2) is 60.8 Å². The van der Waals surface area contributed by atoms with Crippen LogP contribution in [0.2, 0.25) is 0 Å². The molecule has 20 rings (SSSR count). The van der Waals surface area contributed by atoms with Crippen molar-refractivity contribution in [1.82, 2.24) is 0 Å². The lowest BCUT2D eigenvalue weighted by atomic mass is 9.69. The number of aliphatic hydroxyl groups excluding tert-OH is 5. The van der Waals surface area contributed by atoms with Crippen molar-refractivity contribution < 1.29 is 96.9 Å². The minimum atomic E-state index is -0.234. The molecule has 490 valence electrons. The monoisotopic (exact) mass is 1320 g/mol. The van der Waals surface area contributed by atoms with Crippen LogP contribution in [-0.4, -0.2) is 224 Å².